The molecule has 0 atom stereocenters. The molecule has 1 aromatic carbocycles. The van der Waals surface area contributed by atoms with Gasteiger partial charge in [-0.15, -0.1) is 0 Å². The van der Waals surface area contributed by atoms with Crippen molar-refractivity contribution < 1.29 is 17.6 Å². The van der Waals surface area contributed by atoms with Gasteiger partial charge >= 0.3 is 0 Å². The number of carbonyl (C=O) groups is 1. The van der Waals surface area contributed by atoms with Crippen LogP contribution in [0.1, 0.15) is 41.7 Å². The summed E-state index contributed by atoms with van der Waals surface area (Å²) in [5.41, 5.74) is 0.0299. The van der Waals surface area contributed by atoms with Crippen molar-refractivity contribution >= 4 is 42.9 Å². The van der Waals surface area contributed by atoms with Crippen LogP contribution in [0.2, 0.25) is 0 Å². The van der Waals surface area contributed by atoms with Crippen molar-refractivity contribution in [3.05, 3.63) is 59.9 Å². The molecule has 3 aromatic rings. The molecular weight excluding hydrogens is 441 g/mol. The van der Waals surface area contributed by atoms with Gasteiger partial charge in [0.2, 0.25) is 0 Å². The Morgan fingerprint density at radius 3 is 2.33 bits per heavy atom. The van der Waals surface area contributed by atoms with E-state index in [2.05, 4.69) is 15.6 Å². The van der Waals surface area contributed by atoms with E-state index >= 15 is 0 Å². The number of rotatable bonds is 6. The molecule has 1 aliphatic rings. The molecule has 1 aliphatic carbocycles. The van der Waals surface area contributed by atoms with Crippen molar-refractivity contribution in [2.75, 3.05) is 11.6 Å². The first-order valence-electron chi connectivity index (χ1n) is 11.1. The minimum absolute atomic E-state index is 0.0631. The van der Waals surface area contributed by atoms with E-state index in [9.17, 15) is 17.6 Å². The van der Waals surface area contributed by atoms with Gasteiger partial charge in [-0.25, -0.2) is 13.4 Å². The number of pyridine rings is 1. The van der Waals surface area contributed by atoms with Gasteiger partial charge in [0, 0.05) is 30.1 Å². The molecule has 2 N–H and O–H groups in total. The highest BCUT2D eigenvalue weighted by Crippen LogP contribution is 2.25. The van der Waals surface area contributed by atoms with Gasteiger partial charge in [0.25, 0.3) is 5.91 Å². The van der Waals surface area contributed by atoms with Gasteiger partial charge in [0.15, 0.2) is 9.84 Å². The summed E-state index contributed by atoms with van der Waals surface area (Å²) in [7, 11) is -0.292. The van der Waals surface area contributed by atoms with Crippen LogP contribution in [-0.2, 0) is 15.3 Å². The summed E-state index contributed by atoms with van der Waals surface area (Å²) in [4.78, 5) is 17.2. The number of nitrogens with one attached hydrogen (secondary N) is 2. The number of alkyl halides is 1. The maximum Gasteiger partial charge on any atom is 0.251 e. The van der Waals surface area contributed by atoms with Crippen LogP contribution in [0, 0.1) is 0 Å². The predicted octanol–water partition coefficient (Wildman–Crippen LogP) is 1.24. The van der Waals surface area contributed by atoms with Crippen LogP contribution in [0.5, 0.6) is 0 Å². The largest absolute Gasteiger partial charge is 0.368 e. The molecule has 0 unspecified atom stereocenters. The van der Waals surface area contributed by atoms with Crippen LogP contribution in [-0.4, -0.2) is 57.7 Å². The maximum atomic E-state index is 14.3. The number of hydrogen-bond acceptors (Lipinski definition) is 5. The first-order valence-corrected chi connectivity index (χ1v) is 12.9. The quantitative estimate of drug-likeness (QED) is 0.532. The zero-order valence-corrected chi connectivity index (χ0v) is 19.8. The molecule has 0 bridgehead atoms. The second-order valence-electron chi connectivity index (χ2n) is 9.20. The van der Waals surface area contributed by atoms with Crippen LogP contribution < -0.4 is 10.6 Å². The number of imidazole rings is 1. The van der Waals surface area contributed by atoms with Gasteiger partial charge in [-0.2, -0.15) is 0 Å². The molecule has 7 nitrogen and oxygen atoms in total. The van der Waals surface area contributed by atoms with E-state index in [-0.39, 0.29) is 22.9 Å². The van der Waals surface area contributed by atoms with Crippen molar-refractivity contribution in [2.45, 2.75) is 48.1 Å². The first-order chi connectivity index (χ1) is 15.5. The normalized spacial score (nSPS) is 19.3. The van der Waals surface area contributed by atoms with Crippen molar-refractivity contribution in [3.8, 4) is 0 Å². The van der Waals surface area contributed by atoms with Crippen molar-refractivity contribution in [1.82, 2.24) is 14.7 Å². The lowest BCUT2D eigenvalue weighted by Crippen LogP contribution is -2.40. The van der Waals surface area contributed by atoms with Gasteiger partial charge in [-0.1, -0.05) is 6.07 Å². The van der Waals surface area contributed by atoms with E-state index in [1.54, 1.807) is 6.20 Å². The fraction of sp³-hybridized carbons (Fsp3) is 0.364. The Bertz CT molecular complexity index is 1270. The molecule has 4 rings (SSSR count). The molecule has 1 fully saturated rings. The number of hydrogen-bond donors (Lipinski definition) is 2. The summed E-state index contributed by atoms with van der Waals surface area (Å²) in [5.74, 6) is 0.671. The molecule has 11 heteroatoms. The zero-order valence-electron chi connectivity index (χ0n) is 19.0. The predicted molar refractivity (Wildman–Crippen MR) is 132 cm³/mol. The molecule has 1 saturated carbocycles. The highest BCUT2D eigenvalue weighted by atomic mass is 32.2. The minimum atomic E-state index is -3.29. The van der Waals surface area contributed by atoms with E-state index < -0.39 is 15.3 Å². The minimum Gasteiger partial charge on any atom is -0.368 e. The summed E-state index contributed by atoms with van der Waals surface area (Å²) in [6.45, 7) is 0. The Kier molecular flexibility index (Phi) is 6.26. The van der Waals surface area contributed by atoms with Crippen LogP contribution in [0.3, 0.4) is 0 Å². The fourth-order valence-electron chi connectivity index (χ4n) is 4.13. The lowest BCUT2D eigenvalue weighted by Gasteiger charge is -2.30. The van der Waals surface area contributed by atoms with Crippen LogP contribution >= 0.6 is 0 Å². The van der Waals surface area contributed by atoms with Crippen LogP contribution in [0.4, 0.5) is 10.2 Å². The third-order valence-electron chi connectivity index (χ3n) is 6.06. The number of aromatic nitrogens is 2. The summed E-state index contributed by atoms with van der Waals surface area (Å²) < 4.78 is 39.4. The highest BCUT2D eigenvalue weighted by molar-refractivity contribution is 7.90. The lowest BCUT2D eigenvalue weighted by molar-refractivity contribution is 0.0926. The van der Waals surface area contributed by atoms with Crippen LogP contribution in [0.25, 0.3) is 5.65 Å². The molecule has 0 radical (unpaired) electrons. The number of halogens is 1. The molecule has 0 spiro atoms. The number of sulfone groups is 1. The van der Waals surface area contributed by atoms with E-state index in [0.29, 0.717) is 16.9 Å². The Labute approximate surface area is 194 Å². The number of fused-ring (bicyclic) bond motifs is 1. The fourth-order valence-corrected chi connectivity index (χ4v) is 4.76. The first kappa shape index (κ1) is 23.4. The van der Waals surface area contributed by atoms with Gasteiger partial charge < -0.3 is 10.6 Å². The van der Waals surface area contributed by atoms with E-state index in [0.717, 1.165) is 37.8 Å². The number of nitrogens with zero attached hydrogens (tertiary/aromatic N) is 2. The second-order valence-corrected chi connectivity index (χ2v) is 11.2. The van der Waals surface area contributed by atoms with Crippen molar-refractivity contribution in [2.24, 2.45) is 0 Å². The Morgan fingerprint density at radius 1 is 1.09 bits per heavy atom. The monoisotopic (exact) mass is 468 g/mol. The van der Waals surface area contributed by atoms with Gasteiger partial charge in [0.1, 0.15) is 27.2 Å². The van der Waals surface area contributed by atoms with E-state index in [1.807, 2.05) is 22.6 Å². The van der Waals surface area contributed by atoms with Gasteiger partial charge in [0.05, 0.1) is 16.1 Å². The SMILES string of the molecule is BC(B)(F)c1cn2c(NC3CCC(NC(=O)c4ccc(S(C)(=O)=O)cc4)CC3)cccc2n1. The summed E-state index contributed by atoms with van der Waals surface area (Å²) >= 11 is 0. The van der Waals surface area contributed by atoms with Crippen molar-refractivity contribution in [1.29, 1.82) is 0 Å². The zero-order chi connectivity index (χ0) is 23.8. The standard InChI is InChI=1S/C22H27B2FN4O3S/c1-33(31,32)17-11-5-14(6-12-17)21(30)27-16-9-7-15(8-10-16)26-19-3-2-4-20-28-18(13-29(19)20)22(23,24)25/h2-6,11-13,15-16,26H,7-10,23-24H2,1H3,(H,27,30). The van der Waals surface area contributed by atoms with E-state index in [4.69, 9.17) is 0 Å². The number of anilines is 1. The lowest BCUT2D eigenvalue weighted by atomic mass is 9.65. The number of amides is 1. The smallest absolute Gasteiger partial charge is 0.251 e. The van der Waals surface area contributed by atoms with Gasteiger partial charge in [-0.05, 0) is 62.1 Å². The molecule has 1 amide bonds. The molecule has 33 heavy (non-hydrogen) atoms. The molecule has 2 aromatic heterocycles. The second kappa shape index (κ2) is 8.85. The third-order valence-corrected chi connectivity index (χ3v) is 7.19. The van der Waals surface area contributed by atoms with Gasteiger partial charge in [-0.3, -0.25) is 13.6 Å². The van der Waals surface area contributed by atoms with E-state index in [1.165, 1.54) is 40.0 Å². The molecule has 0 saturated heterocycles. The number of carbonyl (C=O) groups excluding carboxylic acids is 1. The third kappa shape index (κ3) is 5.40. The Balaban J connectivity index is 1.35. The molecular formula is C22H27B2FN4O3S. The maximum absolute atomic E-state index is 14.3. The molecule has 172 valence electrons. The average Bonchev–Trinajstić information content (AvgIpc) is 3.21. The Hall–Kier alpha value is -2.81. The summed E-state index contributed by atoms with van der Waals surface area (Å²) in [6.07, 6.45) is 6.29. The average molecular weight is 468 g/mol. The Morgan fingerprint density at radius 2 is 1.73 bits per heavy atom. The molecule has 2 heterocycles. The highest BCUT2D eigenvalue weighted by Gasteiger charge is 2.25. The van der Waals surface area contributed by atoms with Crippen LogP contribution in [0.15, 0.2) is 53.6 Å². The topological polar surface area (TPSA) is 92.6 Å². The molecule has 0 aliphatic heterocycles. The summed E-state index contributed by atoms with van der Waals surface area (Å²) in [5, 5.41) is 6.60. The van der Waals surface area contributed by atoms with Crippen molar-refractivity contribution in [3.63, 3.8) is 0 Å². The summed E-state index contributed by atoms with van der Waals surface area (Å²) in [6, 6.07) is 12.0. The number of benzene rings is 1.